The summed E-state index contributed by atoms with van der Waals surface area (Å²) in [6, 6.07) is 6.24. The van der Waals surface area contributed by atoms with Crippen molar-refractivity contribution in [3.05, 3.63) is 35.9 Å². The molecule has 1 rings (SSSR count). The minimum absolute atomic E-state index is 0.0561. The molecule has 0 saturated carbocycles. The van der Waals surface area contributed by atoms with Crippen molar-refractivity contribution in [1.29, 1.82) is 0 Å². The van der Waals surface area contributed by atoms with Crippen LogP contribution in [0.5, 0.6) is 5.75 Å². The summed E-state index contributed by atoms with van der Waals surface area (Å²) in [5.41, 5.74) is 0.444. The minimum Gasteiger partial charge on any atom is -0.434 e. The van der Waals surface area contributed by atoms with Crippen molar-refractivity contribution in [3.8, 4) is 5.75 Å². The standard InChI is InChI=1S/C10H8F2O2/c11-10(12)14-9-6-2-1-4-8(9)5-3-7-13/h1-7,10H/b5-3+. The lowest BCUT2D eigenvalue weighted by Gasteiger charge is -2.06. The number of aldehydes is 1. The number of carbonyl (C=O) groups is 1. The molecule has 0 aliphatic carbocycles. The van der Waals surface area contributed by atoms with Crippen LogP contribution in [0.3, 0.4) is 0 Å². The van der Waals surface area contributed by atoms with E-state index in [9.17, 15) is 13.6 Å². The first-order chi connectivity index (χ1) is 6.74. The molecular weight excluding hydrogens is 190 g/mol. The van der Waals surface area contributed by atoms with Crippen LogP contribution in [0.1, 0.15) is 5.56 Å². The average molecular weight is 198 g/mol. The molecule has 0 heterocycles. The third kappa shape index (κ3) is 2.97. The summed E-state index contributed by atoms with van der Waals surface area (Å²) in [7, 11) is 0. The molecule has 0 aliphatic heterocycles. The van der Waals surface area contributed by atoms with Crippen LogP contribution >= 0.6 is 0 Å². The number of halogens is 2. The fourth-order valence-corrected chi connectivity index (χ4v) is 0.964. The number of benzene rings is 1. The van der Waals surface area contributed by atoms with Gasteiger partial charge in [-0.1, -0.05) is 18.2 Å². The largest absolute Gasteiger partial charge is 0.434 e. The zero-order valence-electron chi connectivity index (χ0n) is 7.19. The summed E-state index contributed by atoms with van der Waals surface area (Å²) >= 11 is 0. The molecule has 2 nitrogen and oxygen atoms in total. The Morgan fingerprint density at radius 3 is 2.64 bits per heavy atom. The van der Waals surface area contributed by atoms with E-state index in [1.54, 1.807) is 18.2 Å². The van der Waals surface area contributed by atoms with Gasteiger partial charge in [-0.15, -0.1) is 0 Å². The summed E-state index contributed by atoms with van der Waals surface area (Å²) in [5, 5.41) is 0. The van der Waals surface area contributed by atoms with Gasteiger partial charge in [0.25, 0.3) is 0 Å². The molecule has 1 aromatic carbocycles. The molecule has 0 saturated heterocycles. The minimum atomic E-state index is -2.86. The maximum absolute atomic E-state index is 11.9. The van der Waals surface area contributed by atoms with Crippen molar-refractivity contribution in [2.24, 2.45) is 0 Å². The maximum atomic E-state index is 11.9. The van der Waals surface area contributed by atoms with Crippen LogP contribution in [-0.2, 0) is 4.79 Å². The highest BCUT2D eigenvalue weighted by Crippen LogP contribution is 2.21. The molecule has 0 bridgehead atoms. The molecule has 74 valence electrons. The first-order valence-corrected chi connectivity index (χ1v) is 3.89. The van der Waals surface area contributed by atoms with E-state index in [4.69, 9.17) is 0 Å². The van der Waals surface area contributed by atoms with Crippen LogP contribution in [-0.4, -0.2) is 12.9 Å². The van der Waals surface area contributed by atoms with Gasteiger partial charge in [0.2, 0.25) is 0 Å². The van der Waals surface area contributed by atoms with Crippen LogP contribution in [0.15, 0.2) is 30.3 Å². The number of ether oxygens (including phenoxy) is 1. The van der Waals surface area contributed by atoms with Crippen LogP contribution in [0.4, 0.5) is 8.78 Å². The van der Waals surface area contributed by atoms with E-state index in [-0.39, 0.29) is 5.75 Å². The molecule has 0 aromatic heterocycles. The van der Waals surface area contributed by atoms with E-state index < -0.39 is 6.61 Å². The van der Waals surface area contributed by atoms with E-state index in [0.29, 0.717) is 11.8 Å². The summed E-state index contributed by atoms with van der Waals surface area (Å²) in [5.74, 6) is 0.0561. The molecular formula is C10H8F2O2. The fraction of sp³-hybridized carbons (Fsp3) is 0.100. The van der Waals surface area contributed by atoms with Gasteiger partial charge >= 0.3 is 6.61 Å². The Morgan fingerprint density at radius 1 is 1.29 bits per heavy atom. The zero-order valence-corrected chi connectivity index (χ0v) is 7.19. The lowest BCUT2D eigenvalue weighted by molar-refractivity contribution is -0.104. The molecule has 4 heteroatoms. The highest BCUT2D eigenvalue weighted by atomic mass is 19.3. The molecule has 0 amide bonds. The average Bonchev–Trinajstić information content (AvgIpc) is 2.16. The smallest absolute Gasteiger partial charge is 0.387 e. The van der Waals surface area contributed by atoms with E-state index in [0.717, 1.165) is 0 Å². The van der Waals surface area contributed by atoms with Crippen LogP contribution in [0.2, 0.25) is 0 Å². The van der Waals surface area contributed by atoms with Gasteiger partial charge in [0.05, 0.1) is 0 Å². The second-order valence-electron chi connectivity index (χ2n) is 2.41. The van der Waals surface area contributed by atoms with Crippen molar-refractivity contribution < 1.29 is 18.3 Å². The lowest BCUT2D eigenvalue weighted by Crippen LogP contribution is -2.02. The molecule has 0 unspecified atom stereocenters. The Morgan fingerprint density at radius 2 is 2.00 bits per heavy atom. The van der Waals surface area contributed by atoms with Crippen LogP contribution < -0.4 is 4.74 Å². The molecule has 1 aromatic rings. The van der Waals surface area contributed by atoms with Gasteiger partial charge in [-0.05, 0) is 18.2 Å². The van der Waals surface area contributed by atoms with E-state index in [1.165, 1.54) is 18.2 Å². The SMILES string of the molecule is O=C/C=C/c1ccccc1OC(F)F. The summed E-state index contributed by atoms with van der Waals surface area (Å²) in [4.78, 5) is 10.0. The number of para-hydroxylation sites is 1. The first-order valence-electron chi connectivity index (χ1n) is 3.89. The molecule has 0 aliphatic rings. The van der Waals surface area contributed by atoms with Crippen molar-refractivity contribution in [2.75, 3.05) is 0 Å². The third-order valence-corrected chi connectivity index (χ3v) is 1.49. The number of rotatable bonds is 4. The van der Waals surface area contributed by atoms with E-state index in [2.05, 4.69) is 4.74 Å². The van der Waals surface area contributed by atoms with Crippen molar-refractivity contribution in [2.45, 2.75) is 6.61 Å². The summed E-state index contributed by atoms with van der Waals surface area (Å²) in [6.45, 7) is -2.86. The second-order valence-corrected chi connectivity index (χ2v) is 2.41. The molecule has 0 N–H and O–H groups in total. The Balaban J connectivity index is 2.90. The van der Waals surface area contributed by atoms with Crippen LogP contribution in [0.25, 0.3) is 6.08 Å². The number of allylic oxidation sites excluding steroid dienone is 1. The number of hydrogen-bond acceptors (Lipinski definition) is 2. The Kier molecular flexibility index (Phi) is 3.79. The Bertz CT molecular complexity index is 335. The predicted molar refractivity (Wildman–Crippen MR) is 48.2 cm³/mol. The quantitative estimate of drug-likeness (QED) is 0.548. The number of hydrogen-bond donors (Lipinski definition) is 0. The lowest BCUT2D eigenvalue weighted by atomic mass is 10.2. The van der Waals surface area contributed by atoms with Gasteiger partial charge in [-0.3, -0.25) is 4.79 Å². The fourth-order valence-electron chi connectivity index (χ4n) is 0.964. The summed E-state index contributed by atoms with van der Waals surface area (Å²) in [6.07, 6.45) is 3.19. The van der Waals surface area contributed by atoms with Gasteiger partial charge in [0, 0.05) is 5.56 Å². The van der Waals surface area contributed by atoms with Crippen molar-refractivity contribution >= 4 is 12.4 Å². The number of carbonyl (C=O) groups excluding carboxylic acids is 1. The predicted octanol–water partition coefficient (Wildman–Crippen LogP) is 2.50. The first kappa shape index (κ1) is 10.4. The molecule has 0 atom stereocenters. The molecule has 0 fully saturated rings. The maximum Gasteiger partial charge on any atom is 0.387 e. The highest BCUT2D eigenvalue weighted by molar-refractivity contribution is 5.75. The van der Waals surface area contributed by atoms with E-state index in [1.807, 2.05) is 0 Å². The van der Waals surface area contributed by atoms with Gasteiger partial charge in [-0.25, -0.2) is 0 Å². The number of alkyl halides is 2. The summed E-state index contributed by atoms with van der Waals surface area (Å²) < 4.78 is 28.1. The second kappa shape index (κ2) is 5.11. The zero-order chi connectivity index (χ0) is 10.4. The van der Waals surface area contributed by atoms with Gasteiger partial charge < -0.3 is 4.74 Å². The van der Waals surface area contributed by atoms with Gasteiger partial charge in [0.15, 0.2) is 0 Å². The third-order valence-electron chi connectivity index (χ3n) is 1.49. The normalized spacial score (nSPS) is 10.8. The van der Waals surface area contributed by atoms with Crippen molar-refractivity contribution in [1.82, 2.24) is 0 Å². The monoisotopic (exact) mass is 198 g/mol. The molecule has 0 spiro atoms. The molecule has 14 heavy (non-hydrogen) atoms. The van der Waals surface area contributed by atoms with Crippen molar-refractivity contribution in [3.63, 3.8) is 0 Å². The van der Waals surface area contributed by atoms with Gasteiger partial charge in [-0.2, -0.15) is 8.78 Å². The topological polar surface area (TPSA) is 26.3 Å². The Hall–Kier alpha value is -1.71. The van der Waals surface area contributed by atoms with E-state index >= 15 is 0 Å². The van der Waals surface area contributed by atoms with Gasteiger partial charge in [0.1, 0.15) is 12.0 Å². The molecule has 0 radical (unpaired) electrons. The van der Waals surface area contributed by atoms with Crippen LogP contribution in [0, 0.1) is 0 Å². The Labute approximate surface area is 79.8 Å². The highest BCUT2D eigenvalue weighted by Gasteiger charge is 2.06.